The maximum atomic E-state index is 5.98. The third-order valence-electron chi connectivity index (χ3n) is 3.69. The zero-order valence-corrected chi connectivity index (χ0v) is 12.9. The zero-order chi connectivity index (χ0) is 14.1. The lowest BCUT2D eigenvalue weighted by Gasteiger charge is -2.25. The zero-order valence-electron chi connectivity index (χ0n) is 12.9. The number of ether oxygens (including phenoxy) is 1. The van der Waals surface area contributed by atoms with E-state index in [0.29, 0.717) is 17.5 Å². The van der Waals surface area contributed by atoms with Crippen molar-refractivity contribution in [3.63, 3.8) is 0 Å². The fraction of sp³-hybridized carbons (Fsp3) is 0.750. The molecule has 0 fully saturated rings. The summed E-state index contributed by atoms with van der Waals surface area (Å²) in [5.41, 5.74) is 7.77. The lowest BCUT2D eigenvalue weighted by Crippen LogP contribution is -2.18. The fourth-order valence-corrected chi connectivity index (χ4v) is 2.07. The van der Waals surface area contributed by atoms with Gasteiger partial charge in [0.15, 0.2) is 0 Å². The van der Waals surface area contributed by atoms with E-state index in [0.717, 1.165) is 43.6 Å². The first-order chi connectivity index (χ1) is 8.49. The molecule has 0 rings (SSSR count). The molecule has 2 heteroatoms. The Balaban J connectivity index is 5.04. The lowest BCUT2D eigenvalue weighted by atomic mass is 9.84. The topological polar surface area (TPSA) is 35.2 Å². The van der Waals surface area contributed by atoms with Crippen LogP contribution in [0.4, 0.5) is 0 Å². The molecule has 106 valence electrons. The summed E-state index contributed by atoms with van der Waals surface area (Å²) in [7, 11) is 0. The van der Waals surface area contributed by atoms with E-state index < -0.39 is 0 Å². The van der Waals surface area contributed by atoms with Crippen LogP contribution in [-0.2, 0) is 4.74 Å². The van der Waals surface area contributed by atoms with Gasteiger partial charge in [-0.2, -0.15) is 0 Å². The minimum absolute atomic E-state index is 0.407. The molecule has 0 aromatic heterocycles. The van der Waals surface area contributed by atoms with Gasteiger partial charge in [-0.1, -0.05) is 54.0 Å². The van der Waals surface area contributed by atoms with Crippen molar-refractivity contribution in [3.8, 4) is 0 Å². The van der Waals surface area contributed by atoms with Crippen molar-refractivity contribution < 1.29 is 4.74 Å². The Morgan fingerprint density at radius 2 is 1.83 bits per heavy atom. The molecule has 2 N–H and O–H groups in total. The Morgan fingerprint density at radius 1 is 1.22 bits per heavy atom. The third kappa shape index (κ3) is 5.16. The van der Waals surface area contributed by atoms with E-state index in [-0.39, 0.29) is 0 Å². The Bertz CT molecular complexity index is 281. The molecule has 0 aromatic rings. The normalized spacial score (nSPS) is 15.8. The van der Waals surface area contributed by atoms with Crippen LogP contribution in [0.1, 0.15) is 60.3 Å². The molecule has 2 atom stereocenters. The summed E-state index contributed by atoms with van der Waals surface area (Å²) >= 11 is 0. The van der Waals surface area contributed by atoms with E-state index in [4.69, 9.17) is 10.5 Å². The average Bonchev–Trinajstić information content (AvgIpc) is 2.35. The molecular formula is C16H31NO. The minimum atomic E-state index is 0.407. The van der Waals surface area contributed by atoms with Gasteiger partial charge in [-0.15, -0.1) is 0 Å². The van der Waals surface area contributed by atoms with Gasteiger partial charge < -0.3 is 10.5 Å². The molecule has 0 heterocycles. The second-order valence-electron chi connectivity index (χ2n) is 5.09. The van der Waals surface area contributed by atoms with Crippen LogP contribution in [0.15, 0.2) is 23.6 Å². The second-order valence-corrected chi connectivity index (χ2v) is 5.09. The first-order valence-corrected chi connectivity index (χ1v) is 7.29. The molecule has 0 aliphatic rings. The van der Waals surface area contributed by atoms with Crippen LogP contribution in [0.5, 0.6) is 0 Å². The minimum Gasteiger partial charge on any atom is -0.498 e. The highest BCUT2D eigenvalue weighted by Gasteiger charge is 2.20. The predicted molar refractivity (Wildman–Crippen MR) is 80.1 cm³/mol. The number of rotatable bonds is 9. The molecule has 0 saturated carbocycles. The van der Waals surface area contributed by atoms with Crippen molar-refractivity contribution in [1.29, 1.82) is 0 Å². The number of hydrogen-bond donors (Lipinski definition) is 1. The standard InChI is InChI=1S/C16H31NO/c1-7-10-11-18-15(9-3)16(14(6)17)13(5)12(4)8-2/h12-13H,6-11,17H2,1-5H3/b16-15-/t12?,13-/m0/s1. The second kappa shape index (κ2) is 9.07. The van der Waals surface area contributed by atoms with E-state index in [9.17, 15) is 0 Å². The van der Waals surface area contributed by atoms with Gasteiger partial charge in [-0.05, 0) is 18.3 Å². The third-order valence-corrected chi connectivity index (χ3v) is 3.69. The molecule has 0 radical (unpaired) electrons. The number of allylic oxidation sites excluding steroid dienone is 2. The lowest BCUT2D eigenvalue weighted by molar-refractivity contribution is 0.192. The fourth-order valence-electron chi connectivity index (χ4n) is 2.07. The van der Waals surface area contributed by atoms with Gasteiger partial charge in [0.25, 0.3) is 0 Å². The maximum absolute atomic E-state index is 5.98. The van der Waals surface area contributed by atoms with Crippen molar-refractivity contribution in [2.24, 2.45) is 17.6 Å². The van der Waals surface area contributed by atoms with E-state index in [2.05, 4.69) is 41.2 Å². The van der Waals surface area contributed by atoms with Crippen molar-refractivity contribution in [3.05, 3.63) is 23.6 Å². The van der Waals surface area contributed by atoms with Crippen molar-refractivity contribution >= 4 is 0 Å². The summed E-state index contributed by atoms with van der Waals surface area (Å²) in [5.74, 6) is 2.03. The summed E-state index contributed by atoms with van der Waals surface area (Å²) < 4.78 is 5.91. The van der Waals surface area contributed by atoms with Crippen LogP contribution in [0, 0.1) is 11.8 Å². The van der Waals surface area contributed by atoms with Crippen LogP contribution < -0.4 is 5.73 Å². The highest BCUT2D eigenvalue weighted by Crippen LogP contribution is 2.30. The van der Waals surface area contributed by atoms with Gasteiger partial charge >= 0.3 is 0 Å². The summed E-state index contributed by atoms with van der Waals surface area (Å²) in [6.07, 6.45) is 4.27. The Hall–Kier alpha value is -0.920. The molecule has 0 bridgehead atoms. The SMILES string of the molecule is C=C(N)/C(=C(/CC)OCCCC)[C@@H](C)C(C)CC. The molecule has 0 aliphatic carbocycles. The quantitative estimate of drug-likeness (QED) is 0.369. The molecular weight excluding hydrogens is 222 g/mol. The van der Waals surface area contributed by atoms with Crippen LogP contribution in [0.2, 0.25) is 0 Å². The molecule has 0 spiro atoms. The first kappa shape index (κ1) is 17.1. The average molecular weight is 253 g/mol. The smallest absolute Gasteiger partial charge is 0.101 e. The van der Waals surface area contributed by atoms with E-state index in [1.807, 2.05) is 0 Å². The Kier molecular flexibility index (Phi) is 8.61. The number of unbranched alkanes of at least 4 members (excludes halogenated alkanes) is 1. The Labute approximate surface area is 113 Å². The van der Waals surface area contributed by atoms with Gasteiger partial charge in [0.05, 0.1) is 6.61 Å². The van der Waals surface area contributed by atoms with Crippen molar-refractivity contribution in [1.82, 2.24) is 0 Å². The van der Waals surface area contributed by atoms with Gasteiger partial charge in [0.1, 0.15) is 5.76 Å². The maximum Gasteiger partial charge on any atom is 0.101 e. The molecule has 2 nitrogen and oxygen atoms in total. The predicted octanol–water partition coefficient (Wildman–Crippen LogP) is 4.62. The number of hydrogen-bond acceptors (Lipinski definition) is 2. The monoisotopic (exact) mass is 253 g/mol. The molecule has 0 amide bonds. The van der Waals surface area contributed by atoms with Crippen LogP contribution in [0.25, 0.3) is 0 Å². The summed E-state index contributed by atoms with van der Waals surface area (Å²) in [5, 5.41) is 0. The molecule has 18 heavy (non-hydrogen) atoms. The van der Waals surface area contributed by atoms with Crippen molar-refractivity contribution in [2.45, 2.75) is 60.3 Å². The van der Waals surface area contributed by atoms with Gasteiger partial charge in [-0.3, -0.25) is 0 Å². The molecule has 1 unspecified atom stereocenters. The van der Waals surface area contributed by atoms with E-state index >= 15 is 0 Å². The van der Waals surface area contributed by atoms with Gasteiger partial charge in [0, 0.05) is 17.7 Å². The molecule has 0 aromatic carbocycles. The van der Waals surface area contributed by atoms with E-state index in [1.54, 1.807) is 0 Å². The molecule has 0 saturated heterocycles. The van der Waals surface area contributed by atoms with Gasteiger partial charge in [-0.25, -0.2) is 0 Å². The highest BCUT2D eigenvalue weighted by molar-refractivity contribution is 5.31. The van der Waals surface area contributed by atoms with E-state index in [1.165, 1.54) is 0 Å². The first-order valence-electron chi connectivity index (χ1n) is 7.29. The van der Waals surface area contributed by atoms with Crippen LogP contribution in [-0.4, -0.2) is 6.61 Å². The van der Waals surface area contributed by atoms with Gasteiger partial charge in [0.2, 0.25) is 0 Å². The number of nitrogens with two attached hydrogens (primary N) is 1. The summed E-state index contributed by atoms with van der Waals surface area (Å²) in [6.45, 7) is 15.7. The largest absolute Gasteiger partial charge is 0.498 e. The van der Waals surface area contributed by atoms with Crippen molar-refractivity contribution in [2.75, 3.05) is 6.61 Å². The summed E-state index contributed by atoms with van der Waals surface area (Å²) in [6, 6.07) is 0. The van der Waals surface area contributed by atoms with Crippen LogP contribution >= 0.6 is 0 Å². The molecule has 0 aliphatic heterocycles. The Morgan fingerprint density at radius 3 is 2.22 bits per heavy atom. The summed E-state index contributed by atoms with van der Waals surface area (Å²) in [4.78, 5) is 0. The highest BCUT2D eigenvalue weighted by atomic mass is 16.5. The van der Waals surface area contributed by atoms with Crippen LogP contribution in [0.3, 0.4) is 0 Å².